The van der Waals surface area contributed by atoms with E-state index in [-0.39, 0.29) is 52.9 Å². The van der Waals surface area contributed by atoms with Gasteiger partial charge >= 0.3 is 5.63 Å². The number of benzene rings is 1. The zero-order valence-electron chi connectivity index (χ0n) is 13.6. The van der Waals surface area contributed by atoms with E-state index in [0.29, 0.717) is 23.9 Å². The number of hydrogen-bond acceptors (Lipinski definition) is 6. The molecule has 2 heterocycles. The minimum atomic E-state index is -0.616. The van der Waals surface area contributed by atoms with Crippen molar-refractivity contribution in [1.82, 2.24) is 4.90 Å². The zero-order valence-corrected chi connectivity index (χ0v) is 15.3. The van der Waals surface area contributed by atoms with Gasteiger partial charge in [0.15, 0.2) is 5.78 Å². The van der Waals surface area contributed by atoms with Gasteiger partial charge < -0.3 is 20.8 Å². The molecule has 1 saturated heterocycles. The quantitative estimate of drug-likeness (QED) is 0.573. The van der Waals surface area contributed by atoms with Gasteiger partial charge in [-0.05, 0) is 18.9 Å². The second kappa shape index (κ2) is 7.90. The molecule has 1 aliphatic rings. The molecule has 1 atom stereocenters. The van der Waals surface area contributed by atoms with Crippen LogP contribution in [0.3, 0.4) is 0 Å². The van der Waals surface area contributed by atoms with Gasteiger partial charge in [0.25, 0.3) is 0 Å². The van der Waals surface area contributed by atoms with Gasteiger partial charge in [-0.25, -0.2) is 4.79 Å². The van der Waals surface area contributed by atoms with E-state index in [0.717, 1.165) is 6.42 Å². The van der Waals surface area contributed by atoms with Gasteiger partial charge in [0.2, 0.25) is 5.91 Å². The average Bonchev–Trinajstić information content (AvgIpc) is 3.09. The Kier molecular flexibility index (Phi) is 6.10. The Balaban J connectivity index is 0.00000225. The molecule has 134 valence electrons. The van der Waals surface area contributed by atoms with Gasteiger partial charge in [0.1, 0.15) is 5.58 Å². The number of likely N-dealkylation sites (tertiary alicyclic amines) is 1. The standard InChI is InChI=1S/C17H19N3O4.BrH/c18-8-11-15(10-4-1-2-6-13(10)24-17(11)23)16(22)12-5-3-7-20(12)14(21)9-19;/h1-2,4,6,12H,3,5,7-9,18-19H2;1H/t12-;/m0./s1. The Bertz CT molecular complexity index is 865. The molecule has 0 unspecified atom stereocenters. The van der Waals surface area contributed by atoms with E-state index in [2.05, 4.69) is 0 Å². The van der Waals surface area contributed by atoms with Crippen molar-refractivity contribution in [1.29, 1.82) is 0 Å². The van der Waals surface area contributed by atoms with E-state index in [1.165, 1.54) is 4.90 Å². The number of carbonyl (C=O) groups excluding carboxylic acids is 2. The topological polar surface area (TPSA) is 120 Å². The summed E-state index contributed by atoms with van der Waals surface area (Å²) in [5.41, 5.74) is 11.2. The first kappa shape index (κ1) is 19.3. The first-order valence-corrected chi connectivity index (χ1v) is 7.87. The van der Waals surface area contributed by atoms with Crippen LogP contribution in [-0.2, 0) is 11.3 Å². The lowest BCUT2D eigenvalue weighted by atomic mass is 9.95. The van der Waals surface area contributed by atoms with Crippen LogP contribution >= 0.6 is 17.0 Å². The second-order valence-corrected chi connectivity index (χ2v) is 5.76. The number of nitrogens with two attached hydrogens (primary N) is 2. The van der Waals surface area contributed by atoms with Crippen LogP contribution in [0.5, 0.6) is 0 Å². The molecule has 3 rings (SSSR count). The van der Waals surface area contributed by atoms with Crippen molar-refractivity contribution in [3.05, 3.63) is 45.8 Å². The maximum absolute atomic E-state index is 13.2. The maximum atomic E-state index is 13.2. The van der Waals surface area contributed by atoms with Crippen LogP contribution in [-0.4, -0.2) is 35.7 Å². The number of hydrogen-bond donors (Lipinski definition) is 2. The summed E-state index contributed by atoms with van der Waals surface area (Å²) in [4.78, 5) is 38.8. The van der Waals surface area contributed by atoms with Crippen molar-refractivity contribution in [2.24, 2.45) is 11.5 Å². The van der Waals surface area contributed by atoms with Crippen LogP contribution in [0, 0.1) is 0 Å². The van der Waals surface area contributed by atoms with Gasteiger partial charge in [0, 0.05) is 24.0 Å². The van der Waals surface area contributed by atoms with Crippen LogP contribution in [0.2, 0.25) is 0 Å². The van der Waals surface area contributed by atoms with Gasteiger partial charge in [-0.3, -0.25) is 9.59 Å². The number of fused-ring (bicyclic) bond motifs is 1. The van der Waals surface area contributed by atoms with Crippen molar-refractivity contribution in [2.75, 3.05) is 13.1 Å². The molecule has 0 aliphatic carbocycles. The smallest absolute Gasteiger partial charge is 0.341 e. The number of Topliss-reactive ketones (excluding diaryl/α,β-unsaturated/α-hetero) is 1. The van der Waals surface area contributed by atoms with Gasteiger partial charge in [-0.1, -0.05) is 18.2 Å². The maximum Gasteiger partial charge on any atom is 0.341 e. The molecule has 0 radical (unpaired) electrons. The summed E-state index contributed by atoms with van der Waals surface area (Å²) >= 11 is 0. The molecule has 1 aromatic heterocycles. The summed E-state index contributed by atoms with van der Waals surface area (Å²) in [6, 6.07) is 6.22. The fourth-order valence-corrected chi connectivity index (χ4v) is 3.28. The largest absolute Gasteiger partial charge is 0.422 e. The monoisotopic (exact) mass is 409 g/mol. The summed E-state index contributed by atoms with van der Waals surface area (Å²) in [5, 5.41) is 0.537. The zero-order chi connectivity index (χ0) is 17.3. The highest BCUT2D eigenvalue weighted by Crippen LogP contribution is 2.27. The molecular weight excluding hydrogens is 390 g/mol. The summed E-state index contributed by atoms with van der Waals surface area (Å²) in [6.45, 7) is 0.237. The average molecular weight is 410 g/mol. The van der Waals surface area contributed by atoms with Crippen LogP contribution in [0.1, 0.15) is 28.8 Å². The van der Waals surface area contributed by atoms with Crippen molar-refractivity contribution < 1.29 is 14.0 Å². The number of carbonyl (C=O) groups is 2. The van der Waals surface area contributed by atoms with Gasteiger partial charge in [-0.15, -0.1) is 17.0 Å². The number of halogens is 1. The van der Waals surface area contributed by atoms with Crippen LogP contribution < -0.4 is 17.1 Å². The Labute approximate surface area is 154 Å². The minimum absolute atomic E-state index is 0. The third-order valence-corrected chi connectivity index (χ3v) is 4.41. The van der Waals surface area contributed by atoms with Crippen molar-refractivity contribution >= 4 is 39.6 Å². The highest BCUT2D eigenvalue weighted by Gasteiger charge is 2.36. The van der Waals surface area contributed by atoms with Crippen molar-refractivity contribution in [2.45, 2.75) is 25.4 Å². The molecule has 4 N–H and O–H groups in total. The normalized spacial score (nSPS) is 16.7. The number of amides is 1. The van der Waals surface area contributed by atoms with Crippen molar-refractivity contribution in [3.63, 3.8) is 0 Å². The van der Waals surface area contributed by atoms with Crippen molar-refractivity contribution in [3.8, 4) is 0 Å². The summed E-state index contributed by atoms with van der Waals surface area (Å²) in [6.07, 6.45) is 1.27. The second-order valence-electron chi connectivity index (χ2n) is 5.76. The molecule has 8 heteroatoms. The molecule has 1 fully saturated rings. The molecule has 1 aliphatic heterocycles. The van der Waals surface area contributed by atoms with E-state index in [1.807, 2.05) is 0 Å². The van der Waals surface area contributed by atoms with E-state index in [1.54, 1.807) is 24.3 Å². The highest BCUT2D eigenvalue weighted by atomic mass is 79.9. The number of rotatable bonds is 4. The molecule has 1 amide bonds. The Morgan fingerprint density at radius 3 is 2.64 bits per heavy atom. The Morgan fingerprint density at radius 2 is 1.96 bits per heavy atom. The third kappa shape index (κ3) is 3.37. The first-order chi connectivity index (χ1) is 11.6. The van der Waals surface area contributed by atoms with Crippen LogP contribution in [0.15, 0.2) is 33.5 Å². The summed E-state index contributed by atoms with van der Waals surface area (Å²) in [7, 11) is 0. The van der Waals surface area contributed by atoms with Crippen LogP contribution in [0.25, 0.3) is 11.0 Å². The first-order valence-electron chi connectivity index (χ1n) is 7.87. The van der Waals surface area contributed by atoms with E-state index in [9.17, 15) is 14.4 Å². The number of ketones is 1. The lowest BCUT2D eigenvalue weighted by molar-refractivity contribution is -0.129. The molecule has 0 spiro atoms. The lowest BCUT2D eigenvalue weighted by Gasteiger charge is -2.24. The fourth-order valence-electron chi connectivity index (χ4n) is 3.28. The molecule has 7 nitrogen and oxygen atoms in total. The number of nitrogens with zero attached hydrogens (tertiary/aromatic N) is 1. The molecule has 25 heavy (non-hydrogen) atoms. The Morgan fingerprint density at radius 1 is 1.24 bits per heavy atom. The molecule has 2 aromatic rings. The molecular formula is C17H20BrN3O4. The third-order valence-electron chi connectivity index (χ3n) is 4.41. The molecule has 0 bridgehead atoms. The molecule has 0 saturated carbocycles. The van der Waals surface area contributed by atoms with E-state index in [4.69, 9.17) is 15.9 Å². The summed E-state index contributed by atoms with van der Waals surface area (Å²) in [5.74, 6) is -0.550. The predicted octanol–water partition coefficient (Wildman–Crippen LogP) is 0.962. The lowest BCUT2D eigenvalue weighted by Crippen LogP contribution is -2.44. The predicted molar refractivity (Wildman–Crippen MR) is 98.8 cm³/mol. The van der Waals surface area contributed by atoms with Crippen LogP contribution in [0.4, 0.5) is 0 Å². The fraction of sp³-hybridized carbons (Fsp3) is 0.353. The van der Waals surface area contributed by atoms with Gasteiger partial charge in [-0.2, -0.15) is 0 Å². The van der Waals surface area contributed by atoms with E-state index < -0.39 is 11.7 Å². The van der Waals surface area contributed by atoms with Gasteiger partial charge in [0.05, 0.1) is 18.2 Å². The summed E-state index contributed by atoms with van der Waals surface area (Å²) < 4.78 is 5.24. The SMILES string of the molecule is Br.NCC(=O)N1CCC[C@H]1C(=O)c1c(CN)c(=O)oc2ccccc12. The molecule has 1 aromatic carbocycles. The Hall–Kier alpha value is -2.03. The number of para-hydroxylation sites is 1. The highest BCUT2D eigenvalue weighted by molar-refractivity contribution is 8.93. The minimum Gasteiger partial charge on any atom is -0.422 e. The van der Waals surface area contributed by atoms with E-state index >= 15 is 0 Å².